The van der Waals surface area contributed by atoms with Crippen molar-refractivity contribution in [3.8, 4) is 74.0 Å². The molecule has 220 valence electrons. The number of benzene rings is 5. The quantitative estimate of drug-likeness (QED) is 0.166. The summed E-state index contributed by atoms with van der Waals surface area (Å²) in [6.07, 6.45) is 1.90. The van der Waals surface area contributed by atoms with E-state index in [1.807, 2.05) is 134 Å². The Kier molecular flexibility index (Phi) is 7.51. The monoisotopic (exact) mass is 592 g/mol. The van der Waals surface area contributed by atoms with Crippen LogP contribution in [0.15, 0.2) is 138 Å². The minimum Gasteiger partial charge on any atom is -0.497 e. The Labute approximate surface area is 260 Å². The Morgan fingerprint density at radius 3 is 1.89 bits per heavy atom. The summed E-state index contributed by atoms with van der Waals surface area (Å²) in [7, 11) is 3.29. The van der Waals surface area contributed by atoms with E-state index in [1.54, 1.807) is 18.9 Å². The van der Waals surface area contributed by atoms with Gasteiger partial charge < -0.3 is 18.6 Å². The molecule has 8 nitrogen and oxygen atoms in total. The van der Waals surface area contributed by atoms with Gasteiger partial charge in [0, 0.05) is 22.3 Å². The highest BCUT2D eigenvalue weighted by molar-refractivity contribution is 5.79. The lowest BCUT2D eigenvalue weighted by Crippen LogP contribution is -1.95. The maximum atomic E-state index is 6.45. The number of rotatable bonds is 9. The van der Waals surface area contributed by atoms with Crippen LogP contribution in [0.25, 0.3) is 51.0 Å². The van der Waals surface area contributed by atoms with Crippen LogP contribution in [0.3, 0.4) is 0 Å². The average Bonchev–Trinajstić information content (AvgIpc) is 3.78. The third-order valence-electron chi connectivity index (χ3n) is 7.32. The summed E-state index contributed by atoms with van der Waals surface area (Å²) in [5.41, 5.74) is 5.83. The van der Waals surface area contributed by atoms with Gasteiger partial charge in [-0.25, -0.2) is 9.67 Å². The van der Waals surface area contributed by atoms with E-state index in [0.29, 0.717) is 11.7 Å². The molecule has 0 aliphatic heterocycles. The number of hydrogen-bond acceptors (Lipinski definition) is 7. The van der Waals surface area contributed by atoms with E-state index >= 15 is 0 Å². The van der Waals surface area contributed by atoms with Gasteiger partial charge in [-0.3, -0.25) is 0 Å². The molecule has 2 heterocycles. The fourth-order valence-electron chi connectivity index (χ4n) is 4.95. The molecule has 0 aliphatic rings. The number of para-hydroxylation sites is 1. The molecule has 7 rings (SSSR count). The first-order valence-electron chi connectivity index (χ1n) is 14.3. The first kappa shape index (κ1) is 27.7. The van der Waals surface area contributed by atoms with E-state index in [9.17, 15) is 0 Å². The van der Waals surface area contributed by atoms with Crippen LogP contribution in [0.4, 0.5) is 0 Å². The molecule has 0 N–H and O–H groups in total. The van der Waals surface area contributed by atoms with Crippen molar-refractivity contribution in [2.24, 2.45) is 0 Å². The fourth-order valence-corrected chi connectivity index (χ4v) is 4.95. The normalized spacial score (nSPS) is 10.9. The standard InChI is InChI=1S/C37H28N4O4/c1-42-30-17-13-26(14-18-30)35-36(27-15-19-31(43-2)20-16-27)45-37(38-35)28-7-6-8-29(23-28)41-24-34(39-40-41)25-11-21-33(22-12-25)44-32-9-4-3-5-10-32/h3-24H,1-2H3. The molecule has 0 aliphatic carbocycles. The molecule has 0 amide bonds. The van der Waals surface area contributed by atoms with E-state index < -0.39 is 0 Å². The first-order chi connectivity index (χ1) is 22.2. The smallest absolute Gasteiger partial charge is 0.227 e. The molecular weight excluding hydrogens is 564 g/mol. The number of methoxy groups -OCH3 is 2. The Hall–Kier alpha value is -6.15. The van der Waals surface area contributed by atoms with Crippen molar-refractivity contribution >= 4 is 0 Å². The predicted molar refractivity (Wildman–Crippen MR) is 173 cm³/mol. The highest BCUT2D eigenvalue weighted by Crippen LogP contribution is 2.37. The van der Waals surface area contributed by atoms with Crippen molar-refractivity contribution < 1.29 is 18.6 Å². The summed E-state index contributed by atoms with van der Waals surface area (Å²) in [6.45, 7) is 0. The molecule has 0 saturated carbocycles. The van der Waals surface area contributed by atoms with E-state index in [-0.39, 0.29) is 0 Å². The van der Waals surface area contributed by atoms with Crippen molar-refractivity contribution in [2.45, 2.75) is 0 Å². The Morgan fingerprint density at radius 1 is 0.578 bits per heavy atom. The summed E-state index contributed by atoms with van der Waals surface area (Å²) in [6, 6.07) is 40.8. The van der Waals surface area contributed by atoms with Crippen molar-refractivity contribution in [3.05, 3.63) is 134 Å². The third kappa shape index (κ3) is 5.89. The lowest BCUT2D eigenvalue weighted by atomic mass is 10.1. The molecule has 0 atom stereocenters. The average molecular weight is 593 g/mol. The number of hydrogen-bond donors (Lipinski definition) is 0. The van der Waals surface area contributed by atoms with E-state index in [2.05, 4.69) is 10.3 Å². The zero-order valence-corrected chi connectivity index (χ0v) is 24.6. The first-order valence-corrected chi connectivity index (χ1v) is 14.3. The topological polar surface area (TPSA) is 84.4 Å². The molecular formula is C37H28N4O4. The summed E-state index contributed by atoms with van der Waals surface area (Å²) >= 11 is 0. The highest BCUT2D eigenvalue weighted by Gasteiger charge is 2.19. The van der Waals surface area contributed by atoms with Gasteiger partial charge in [0.2, 0.25) is 5.89 Å². The molecule has 7 aromatic rings. The molecule has 5 aromatic carbocycles. The second-order valence-electron chi connectivity index (χ2n) is 10.2. The van der Waals surface area contributed by atoms with Gasteiger partial charge in [0.05, 0.1) is 26.1 Å². The number of ether oxygens (including phenoxy) is 3. The van der Waals surface area contributed by atoms with Crippen LogP contribution in [-0.2, 0) is 0 Å². The number of aromatic nitrogens is 4. The highest BCUT2D eigenvalue weighted by atomic mass is 16.5. The zero-order valence-electron chi connectivity index (χ0n) is 24.6. The van der Waals surface area contributed by atoms with E-state index in [1.165, 1.54) is 0 Å². The molecule has 0 saturated heterocycles. The van der Waals surface area contributed by atoms with E-state index in [0.717, 1.165) is 62.3 Å². The third-order valence-corrected chi connectivity index (χ3v) is 7.32. The van der Waals surface area contributed by atoms with Gasteiger partial charge >= 0.3 is 0 Å². The second-order valence-corrected chi connectivity index (χ2v) is 10.2. The second kappa shape index (κ2) is 12.2. The van der Waals surface area contributed by atoms with Crippen molar-refractivity contribution in [1.29, 1.82) is 0 Å². The Balaban J connectivity index is 1.18. The van der Waals surface area contributed by atoms with Crippen molar-refractivity contribution in [2.75, 3.05) is 14.2 Å². The SMILES string of the molecule is COc1ccc(-c2nc(-c3cccc(-n4cc(-c5ccc(Oc6ccccc6)cc5)nn4)c3)oc2-c2ccc(OC)cc2)cc1. The van der Waals surface area contributed by atoms with Crippen LogP contribution in [0, 0.1) is 0 Å². The molecule has 0 fully saturated rings. The summed E-state index contributed by atoms with van der Waals surface area (Å²) in [5, 5.41) is 8.82. The number of nitrogens with zero attached hydrogens (tertiary/aromatic N) is 4. The fraction of sp³-hybridized carbons (Fsp3) is 0.0541. The van der Waals surface area contributed by atoms with Crippen molar-refractivity contribution in [1.82, 2.24) is 20.0 Å². The molecule has 8 heteroatoms. The summed E-state index contributed by atoms with van der Waals surface area (Å²) in [5.74, 6) is 4.22. The maximum Gasteiger partial charge on any atom is 0.227 e. The van der Waals surface area contributed by atoms with Crippen LogP contribution in [-0.4, -0.2) is 34.2 Å². The summed E-state index contributed by atoms with van der Waals surface area (Å²) in [4.78, 5) is 4.96. The summed E-state index contributed by atoms with van der Waals surface area (Å²) < 4.78 is 24.8. The van der Waals surface area contributed by atoms with Crippen LogP contribution in [0.1, 0.15) is 0 Å². The lowest BCUT2D eigenvalue weighted by Gasteiger charge is -2.05. The van der Waals surface area contributed by atoms with Gasteiger partial charge in [0.1, 0.15) is 34.4 Å². The largest absolute Gasteiger partial charge is 0.497 e. The van der Waals surface area contributed by atoms with Crippen molar-refractivity contribution in [3.63, 3.8) is 0 Å². The molecule has 45 heavy (non-hydrogen) atoms. The Bertz CT molecular complexity index is 1970. The van der Waals surface area contributed by atoms with Gasteiger partial charge in [0.25, 0.3) is 0 Å². The van der Waals surface area contributed by atoms with Crippen LogP contribution >= 0.6 is 0 Å². The molecule has 0 spiro atoms. The maximum absolute atomic E-state index is 6.45. The molecule has 0 bridgehead atoms. The van der Waals surface area contributed by atoms with Gasteiger partial charge in [-0.05, 0) is 103 Å². The Morgan fingerprint density at radius 2 is 1.20 bits per heavy atom. The lowest BCUT2D eigenvalue weighted by molar-refractivity contribution is 0.414. The van der Waals surface area contributed by atoms with Crippen LogP contribution in [0.2, 0.25) is 0 Å². The van der Waals surface area contributed by atoms with Gasteiger partial charge in [0.15, 0.2) is 5.76 Å². The minimum absolute atomic E-state index is 0.489. The van der Waals surface area contributed by atoms with Crippen LogP contribution < -0.4 is 14.2 Å². The molecule has 2 aromatic heterocycles. The van der Waals surface area contributed by atoms with E-state index in [4.69, 9.17) is 23.6 Å². The van der Waals surface area contributed by atoms with Gasteiger partial charge in [-0.2, -0.15) is 0 Å². The zero-order chi connectivity index (χ0) is 30.6. The number of oxazole rings is 1. The van der Waals surface area contributed by atoms with Gasteiger partial charge in [-0.1, -0.05) is 29.5 Å². The minimum atomic E-state index is 0.489. The van der Waals surface area contributed by atoms with Gasteiger partial charge in [-0.15, -0.1) is 5.10 Å². The predicted octanol–water partition coefficient (Wildman–Crippen LogP) is 8.73. The van der Waals surface area contributed by atoms with Crippen LogP contribution in [0.5, 0.6) is 23.0 Å². The molecule has 0 radical (unpaired) electrons. The molecule has 0 unspecified atom stereocenters.